The molecule has 2 aromatic carbocycles. The van der Waals surface area contributed by atoms with Crippen LogP contribution in [0.5, 0.6) is 11.5 Å². The molecule has 0 aliphatic carbocycles. The Morgan fingerprint density at radius 1 is 1.23 bits per heavy atom. The molecule has 3 aliphatic heterocycles. The molecule has 1 fully saturated rings. The van der Waals surface area contributed by atoms with Crippen LogP contribution in [0, 0.1) is 0 Å². The fourth-order valence-corrected chi connectivity index (χ4v) is 3.93. The third kappa shape index (κ3) is 4.90. The molecule has 9 heteroatoms. The van der Waals surface area contributed by atoms with E-state index in [0.717, 1.165) is 22.0 Å². The number of rotatable bonds is 6. The predicted molar refractivity (Wildman–Crippen MR) is 116 cm³/mol. The average Bonchev–Trinajstić information content (AvgIpc) is 2.72. The minimum atomic E-state index is -1.75. The summed E-state index contributed by atoms with van der Waals surface area (Å²) >= 11 is 1.99. The van der Waals surface area contributed by atoms with E-state index < -0.39 is 23.8 Å². The Morgan fingerprint density at radius 3 is 2.30 bits per heavy atom. The van der Waals surface area contributed by atoms with Crippen molar-refractivity contribution in [2.24, 2.45) is 0 Å². The molecular weight excluding hydrogens is 503 g/mol. The van der Waals surface area contributed by atoms with Crippen molar-refractivity contribution in [3.63, 3.8) is 0 Å². The van der Waals surface area contributed by atoms with Gasteiger partial charge >= 0.3 is 5.97 Å². The zero-order valence-corrected chi connectivity index (χ0v) is 18.4. The molecule has 2 atom stereocenters. The maximum Gasteiger partial charge on any atom is 0.356 e. The van der Waals surface area contributed by atoms with Gasteiger partial charge in [-0.25, -0.2) is 4.79 Å². The smallest absolute Gasteiger partial charge is 0.356 e. The Bertz CT molecular complexity index is 913. The topological polar surface area (TPSA) is 105 Å². The maximum absolute atomic E-state index is 12.0. The summed E-state index contributed by atoms with van der Waals surface area (Å²) in [4.78, 5) is 36.1. The van der Waals surface area contributed by atoms with E-state index in [1.165, 1.54) is 6.92 Å². The van der Waals surface area contributed by atoms with Crippen molar-refractivity contribution in [1.29, 1.82) is 0 Å². The van der Waals surface area contributed by atoms with Crippen LogP contribution in [0.4, 0.5) is 0 Å². The van der Waals surface area contributed by atoms with Crippen LogP contribution in [-0.2, 0) is 25.7 Å². The van der Waals surface area contributed by atoms with Gasteiger partial charge in [-0.2, -0.15) is 0 Å². The summed E-state index contributed by atoms with van der Waals surface area (Å²) in [6.07, 6.45) is -1.71. The van der Waals surface area contributed by atoms with Crippen molar-refractivity contribution >= 4 is 40.4 Å². The number of amides is 2. The highest BCUT2D eigenvalue weighted by atomic mass is 127. The fourth-order valence-electron chi connectivity index (χ4n) is 3.10. The molecule has 2 aromatic rings. The first-order chi connectivity index (χ1) is 14.3. The highest BCUT2D eigenvalue weighted by Gasteiger charge is 2.55. The molecule has 158 valence electrons. The first kappa shape index (κ1) is 22.0. The van der Waals surface area contributed by atoms with Crippen LogP contribution in [0.1, 0.15) is 18.9 Å². The standard InChI is InChI=1S/C15H17IN2O5.C6H4O/c1-10(19)17-15(9-16)7-12(20)18(15)13(21)14(22)23-8-11-5-3-2-4-6-11;1-2-5-4-6(3-1)7-5/h2-6,13,21H,7-9H2,1H3,(H,17,19);1-4H. The molecule has 2 bridgehead atoms. The number of carbonyl (C=O) groups is 3. The highest BCUT2D eigenvalue weighted by Crippen LogP contribution is 2.34. The summed E-state index contributed by atoms with van der Waals surface area (Å²) < 4.78 is 10.4. The van der Waals surface area contributed by atoms with Gasteiger partial charge in [0.15, 0.2) is 0 Å². The molecule has 0 spiro atoms. The number of nitrogens with zero attached hydrogens (tertiary/aromatic N) is 1. The van der Waals surface area contributed by atoms with Gasteiger partial charge < -0.3 is 19.9 Å². The van der Waals surface area contributed by atoms with Crippen LogP contribution >= 0.6 is 22.6 Å². The molecule has 1 saturated heterocycles. The van der Waals surface area contributed by atoms with Crippen molar-refractivity contribution in [2.75, 3.05) is 4.43 Å². The van der Waals surface area contributed by atoms with E-state index in [1.807, 2.05) is 52.9 Å². The van der Waals surface area contributed by atoms with E-state index in [4.69, 9.17) is 9.47 Å². The van der Waals surface area contributed by atoms with Crippen molar-refractivity contribution in [2.45, 2.75) is 31.8 Å². The van der Waals surface area contributed by atoms with Crippen LogP contribution in [-0.4, -0.2) is 44.1 Å². The van der Waals surface area contributed by atoms with Gasteiger partial charge in [-0.3, -0.25) is 14.5 Å². The lowest BCUT2D eigenvalue weighted by Crippen LogP contribution is -2.76. The number of alkyl halides is 1. The normalized spacial score (nSPS) is 19.2. The maximum atomic E-state index is 12.0. The lowest BCUT2D eigenvalue weighted by atomic mass is 9.94. The monoisotopic (exact) mass is 524 g/mol. The highest BCUT2D eigenvalue weighted by molar-refractivity contribution is 14.1. The predicted octanol–water partition coefficient (Wildman–Crippen LogP) is 2.34. The van der Waals surface area contributed by atoms with Gasteiger partial charge in [0.25, 0.3) is 0 Å². The minimum Gasteiger partial charge on any atom is -0.457 e. The number of halogens is 1. The van der Waals surface area contributed by atoms with Gasteiger partial charge in [-0.1, -0.05) is 59.0 Å². The summed E-state index contributed by atoms with van der Waals surface area (Å²) in [5, 5.41) is 12.8. The second-order valence-electron chi connectivity index (χ2n) is 6.83. The molecule has 2 N–H and O–H groups in total. The van der Waals surface area contributed by atoms with Gasteiger partial charge in [0.05, 0.1) is 6.42 Å². The SMILES string of the molecule is CC(=O)NC1(CI)CC(=O)N1C(O)C(=O)OCc1ccccc1.c1cc2cc(c1)O2. The van der Waals surface area contributed by atoms with Crippen molar-refractivity contribution in [3.8, 4) is 11.5 Å². The first-order valence-corrected chi connectivity index (χ1v) is 10.7. The Balaban J connectivity index is 0.000000302. The molecular formula is C21H21IN2O6. The third-order valence-corrected chi connectivity index (χ3v) is 5.79. The number of hydrogen-bond donors (Lipinski definition) is 2. The minimum absolute atomic E-state index is 0.00383. The number of benzene rings is 2. The van der Waals surface area contributed by atoms with Crippen LogP contribution in [0.3, 0.4) is 0 Å². The molecule has 0 radical (unpaired) electrons. The molecule has 5 rings (SSSR count). The number of aliphatic hydroxyl groups excluding tert-OH is 1. The van der Waals surface area contributed by atoms with Crippen LogP contribution in [0.15, 0.2) is 54.6 Å². The Kier molecular flexibility index (Phi) is 6.93. The summed E-state index contributed by atoms with van der Waals surface area (Å²) in [6.45, 7) is 1.31. The lowest BCUT2D eigenvalue weighted by molar-refractivity contribution is -0.197. The van der Waals surface area contributed by atoms with Crippen LogP contribution in [0.2, 0.25) is 0 Å². The largest absolute Gasteiger partial charge is 0.457 e. The number of β-lactam (4-membered cyclic amide) rings is 1. The summed E-state index contributed by atoms with van der Waals surface area (Å²) in [5.74, 6) is 0.278. The molecule has 3 heterocycles. The number of aliphatic hydroxyl groups is 1. The van der Waals surface area contributed by atoms with Crippen molar-refractivity contribution < 1.29 is 29.0 Å². The van der Waals surface area contributed by atoms with Gasteiger partial charge in [0.2, 0.25) is 18.0 Å². The van der Waals surface area contributed by atoms with Gasteiger partial charge in [-0.05, 0) is 17.7 Å². The molecule has 2 unspecified atom stereocenters. The number of fused-ring (bicyclic) bond motifs is 2. The Hall–Kier alpha value is -2.66. The number of carbonyl (C=O) groups excluding carboxylic acids is 3. The second kappa shape index (κ2) is 9.43. The van der Waals surface area contributed by atoms with E-state index in [9.17, 15) is 19.5 Å². The van der Waals surface area contributed by atoms with E-state index in [0.29, 0.717) is 4.43 Å². The van der Waals surface area contributed by atoms with E-state index in [2.05, 4.69) is 5.32 Å². The molecule has 3 aliphatic rings. The molecule has 8 nitrogen and oxygen atoms in total. The van der Waals surface area contributed by atoms with Gasteiger partial charge in [-0.15, -0.1) is 0 Å². The summed E-state index contributed by atoms with van der Waals surface area (Å²) in [6, 6.07) is 16.9. The van der Waals surface area contributed by atoms with Gasteiger partial charge in [0.1, 0.15) is 23.8 Å². The van der Waals surface area contributed by atoms with E-state index in [1.54, 1.807) is 24.3 Å². The fraction of sp³-hybridized carbons (Fsp3) is 0.286. The molecule has 0 saturated carbocycles. The Labute approximate surface area is 187 Å². The van der Waals surface area contributed by atoms with Gasteiger partial charge in [0, 0.05) is 17.4 Å². The quantitative estimate of drug-likeness (QED) is 0.222. The molecule has 30 heavy (non-hydrogen) atoms. The second-order valence-corrected chi connectivity index (χ2v) is 7.59. The zero-order chi connectivity index (χ0) is 21.7. The third-order valence-electron chi connectivity index (χ3n) is 4.52. The van der Waals surface area contributed by atoms with Crippen molar-refractivity contribution in [1.82, 2.24) is 10.2 Å². The van der Waals surface area contributed by atoms with E-state index in [-0.39, 0.29) is 18.9 Å². The molecule has 0 aromatic heterocycles. The first-order valence-electron chi connectivity index (χ1n) is 9.18. The zero-order valence-electron chi connectivity index (χ0n) is 16.2. The van der Waals surface area contributed by atoms with Crippen LogP contribution in [0.25, 0.3) is 0 Å². The van der Waals surface area contributed by atoms with Crippen LogP contribution < -0.4 is 10.1 Å². The summed E-state index contributed by atoms with van der Waals surface area (Å²) in [7, 11) is 0. The Morgan fingerprint density at radius 2 is 1.87 bits per heavy atom. The number of hydrogen-bond acceptors (Lipinski definition) is 6. The summed E-state index contributed by atoms with van der Waals surface area (Å²) in [5.41, 5.74) is -0.278. The number of esters is 1. The average molecular weight is 524 g/mol. The number of nitrogens with one attached hydrogen (secondary N) is 1. The lowest BCUT2D eigenvalue weighted by Gasteiger charge is -2.52. The number of ether oxygens (including phenoxy) is 2. The number of likely N-dealkylation sites (tertiary alicyclic amines) is 1. The molecule has 2 amide bonds. The van der Waals surface area contributed by atoms with E-state index >= 15 is 0 Å². The van der Waals surface area contributed by atoms with Crippen molar-refractivity contribution in [3.05, 3.63) is 60.2 Å².